The number of pyridine rings is 1. The molecule has 0 saturated heterocycles. The summed E-state index contributed by atoms with van der Waals surface area (Å²) in [5.74, 6) is -0.338. The van der Waals surface area contributed by atoms with Gasteiger partial charge in [0.25, 0.3) is 12.3 Å². The van der Waals surface area contributed by atoms with Gasteiger partial charge in [-0.1, -0.05) is 25.3 Å². The first-order valence-electron chi connectivity index (χ1n) is 7.90. The summed E-state index contributed by atoms with van der Waals surface area (Å²) >= 11 is 0. The Morgan fingerprint density at radius 1 is 1.35 bits per heavy atom. The molecule has 0 aromatic carbocycles. The number of nitrogens with one attached hydrogen (secondary N) is 1. The molecule has 1 amide bonds. The first kappa shape index (κ1) is 17.6. The number of aliphatic hydroxyl groups excluding tert-OH is 1. The van der Waals surface area contributed by atoms with Crippen molar-refractivity contribution in [2.24, 2.45) is 5.92 Å². The smallest absolute Gasteiger partial charge is 0.272 e. The van der Waals surface area contributed by atoms with Gasteiger partial charge < -0.3 is 15.2 Å². The summed E-state index contributed by atoms with van der Waals surface area (Å²) < 4.78 is 29.1. The maximum absolute atomic E-state index is 12.3. The molecule has 1 aliphatic carbocycles. The van der Waals surface area contributed by atoms with Crippen LogP contribution in [0.2, 0.25) is 0 Å². The van der Waals surface area contributed by atoms with Crippen molar-refractivity contribution in [1.29, 1.82) is 0 Å². The lowest BCUT2D eigenvalue weighted by molar-refractivity contribution is 0.0791. The van der Waals surface area contributed by atoms with Gasteiger partial charge in [0, 0.05) is 24.6 Å². The molecule has 2 atom stereocenters. The largest absolute Gasteiger partial charge is 0.472 e. The number of carbonyl (C=O) groups excluding carboxylic acids is 1. The van der Waals surface area contributed by atoms with Crippen LogP contribution in [0.1, 0.15) is 42.6 Å². The number of aliphatic hydroxyl groups is 1. The molecule has 1 saturated carbocycles. The molecule has 23 heavy (non-hydrogen) atoms. The normalized spacial score (nSPS) is 21.7. The Morgan fingerprint density at radius 2 is 2.13 bits per heavy atom. The summed E-state index contributed by atoms with van der Waals surface area (Å²) in [5.41, 5.74) is 0.123. The minimum atomic E-state index is -2.59. The van der Waals surface area contributed by atoms with E-state index in [9.17, 15) is 18.7 Å². The second kappa shape index (κ2) is 8.76. The van der Waals surface area contributed by atoms with Gasteiger partial charge >= 0.3 is 0 Å². The number of rotatable bonds is 6. The van der Waals surface area contributed by atoms with Crippen molar-refractivity contribution in [1.82, 2.24) is 10.3 Å². The molecular formula is C16H22F2N2O3. The fourth-order valence-corrected chi connectivity index (χ4v) is 2.81. The minimum Gasteiger partial charge on any atom is -0.472 e. The van der Waals surface area contributed by atoms with E-state index in [1.807, 2.05) is 0 Å². The summed E-state index contributed by atoms with van der Waals surface area (Å²) in [4.78, 5) is 16.3. The summed E-state index contributed by atoms with van der Waals surface area (Å²) in [6, 6.07) is 4.39. The number of amides is 1. The topological polar surface area (TPSA) is 71.5 Å². The predicted molar refractivity (Wildman–Crippen MR) is 80.7 cm³/mol. The van der Waals surface area contributed by atoms with Crippen LogP contribution in [0.15, 0.2) is 18.2 Å². The van der Waals surface area contributed by atoms with Gasteiger partial charge in [0.2, 0.25) is 5.88 Å². The van der Waals surface area contributed by atoms with Crippen molar-refractivity contribution in [3.8, 4) is 5.88 Å². The van der Waals surface area contributed by atoms with Crippen LogP contribution in [0.4, 0.5) is 8.78 Å². The number of aromatic nitrogens is 1. The molecule has 0 aliphatic heterocycles. The van der Waals surface area contributed by atoms with Gasteiger partial charge in [0.05, 0.1) is 0 Å². The molecule has 0 radical (unpaired) electrons. The molecule has 0 bridgehead atoms. The zero-order valence-corrected chi connectivity index (χ0v) is 12.9. The zero-order valence-electron chi connectivity index (χ0n) is 12.9. The highest BCUT2D eigenvalue weighted by Crippen LogP contribution is 2.23. The van der Waals surface area contributed by atoms with Crippen molar-refractivity contribution in [3.05, 3.63) is 23.9 Å². The lowest BCUT2D eigenvalue weighted by atomic mass is 9.95. The average Bonchev–Trinajstić information content (AvgIpc) is 2.78. The van der Waals surface area contributed by atoms with Gasteiger partial charge in [-0.3, -0.25) is 4.79 Å². The van der Waals surface area contributed by atoms with Crippen molar-refractivity contribution in [2.75, 3.05) is 13.2 Å². The zero-order chi connectivity index (χ0) is 16.7. The van der Waals surface area contributed by atoms with Gasteiger partial charge in [-0.15, -0.1) is 0 Å². The van der Waals surface area contributed by atoms with Crippen molar-refractivity contribution in [3.63, 3.8) is 0 Å². The van der Waals surface area contributed by atoms with E-state index in [2.05, 4.69) is 10.3 Å². The van der Waals surface area contributed by atoms with Crippen LogP contribution in [0, 0.1) is 5.92 Å². The summed E-state index contributed by atoms with van der Waals surface area (Å²) in [6.45, 7) is -0.719. The molecule has 1 aromatic heterocycles. The van der Waals surface area contributed by atoms with Crippen LogP contribution in [0.3, 0.4) is 0 Å². The summed E-state index contributed by atoms with van der Waals surface area (Å²) in [5, 5.41) is 12.4. The third-order valence-electron chi connectivity index (χ3n) is 4.02. The van der Waals surface area contributed by atoms with E-state index in [1.165, 1.54) is 12.1 Å². The van der Waals surface area contributed by atoms with Gasteiger partial charge in [-0.2, -0.15) is 0 Å². The average molecular weight is 328 g/mol. The van der Waals surface area contributed by atoms with Crippen LogP contribution in [-0.4, -0.2) is 41.7 Å². The quantitative estimate of drug-likeness (QED) is 0.787. The highest BCUT2D eigenvalue weighted by atomic mass is 19.3. The SMILES string of the molecule is O=C(NC1CCCCCC1CO)c1cccc(OCC(F)F)n1. The number of hydrogen-bond donors (Lipinski definition) is 2. The Morgan fingerprint density at radius 3 is 2.87 bits per heavy atom. The maximum Gasteiger partial charge on any atom is 0.272 e. The molecule has 7 heteroatoms. The first-order valence-corrected chi connectivity index (χ1v) is 7.90. The van der Waals surface area contributed by atoms with Crippen molar-refractivity contribution in [2.45, 2.75) is 44.6 Å². The highest BCUT2D eigenvalue weighted by molar-refractivity contribution is 5.92. The Bertz CT molecular complexity index is 514. The summed E-state index contributed by atoms with van der Waals surface area (Å²) in [6.07, 6.45) is 2.26. The molecule has 1 aromatic rings. The first-order chi connectivity index (χ1) is 11.1. The van der Waals surface area contributed by atoms with E-state index in [0.29, 0.717) is 0 Å². The molecule has 2 unspecified atom stereocenters. The number of hydrogen-bond acceptors (Lipinski definition) is 4. The van der Waals surface area contributed by atoms with Crippen LogP contribution in [-0.2, 0) is 0 Å². The molecule has 2 N–H and O–H groups in total. The number of nitrogens with zero attached hydrogens (tertiary/aromatic N) is 1. The fourth-order valence-electron chi connectivity index (χ4n) is 2.81. The number of ether oxygens (including phenoxy) is 1. The second-order valence-corrected chi connectivity index (χ2v) is 5.72. The Hall–Kier alpha value is -1.76. The van der Waals surface area contributed by atoms with Crippen molar-refractivity contribution < 1.29 is 23.4 Å². The Labute approximate surface area is 134 Å². The van der Waals surface area contributed by atoms with E-state index in [0.717, 1.165) is 32.1 Å². The van der Waals surface area contributed by atoms with Crippen LogP contribution in [0.25, 0.3) is 0 Å². The van der Waals surface area contributed by atoms with Gasteiger partial charge in [-0.25, -0.2) is 13.8 Å². The fraction of sp³-hybridized carbons (Fsp3) is 0.625. The molecule has 2 rings (SSSR count). The lowest BCUT2D eigenvalue weighted by Crippen LogP contribution is -2.41. The third kappa shape index (κ3) is 5.42. The maximum atomic E-state index is 12.3. The van der Waals surface area contributed by atoms with E-state index < -0.39 is 13.0 Å². The van der Waals surface area contributed by atoms with Crippen LogP contribution < -0.4 is 10.1 Å². The van der Waals surface area contributed by atoms with Gasteiger partial charge in [-0.05, 0) is 18.9 Å². The Balaban J connectivity index is 2.00. The molecule has 1 fully saturated rings. The highest BCUT2D eigenvalue weighted by Gasteiger charge is 2.25. The monoisotopic (exact) mass is 328 g/mol. The minimum absolute atomic E-state index is 0.00229. The third-order valence-corrected chi connectivity index (χ3v) is 4.02. The molecule has 1 heterocycles. The summed E-state index contributed by atoms with van der Waals surface area (Å²) in [7, 11) is 0. The van der Waals surface area contributed by atoms with E-state index in [4.69, 9.17) is 4.74 Å². The predicted octanol–water partition coefficient (Wildman–Crippen LogP) is 2.40. The molecule has 0 spiro atoms. The van der Waals surface area contributed by atoms with Gasteiger partial charge in [0.15, 0.2) is 6.61 Å². The molecule has 1 aliphatic rings. The Kier molecular flexibility index (Phi) is 6.70. The molecular weight excluding hydrogens is 306 g/mol. The van der Waals surface area contributed by atoms with E-state index in [1.54, 1.807) is 6.07 Å². The molecule has 128 valence electrons. The number of halogens is 2. The standard InChI is InChI=1S/C16H22F2N2O3/c17-14(18)10-23-15-8-4-7-13(19-15)16(22)20-12-6-3-1-2-5-11(12)9-21/h4,7-8,11-12,14,21H,1-3,5-6,9-10H2,(H,20,22). The number of alkyl halides is 2. The lowest BCUT2D eigenvalue weighted by Gasteiger charge is -2.24. The number of carbonyl (C=O) groups is 1. The van der Waals surface area contributed by atoms with E-state index >= 15 is 0 Å². The van der Waals surface area contributed by atoms with Crippen LogP contribution in [0.5, 0.6) is 5.88 Å². The van der Waals surface area contributed by atoms with Crippen molar-refractivity contribution >= 4 is 5.91 Å². The van der Waals surface area contributed by atoms with Gasteiger partial charge in [0.1, 0.15) is 5.69 Å². The van der Waals surface area contributed by atoms with Crippen LogP contribution >= 0.6 is 0 Å². The van der Waals surface area contributed by atoms with E-state index in [-0.39, 0.29) is 36.0 Å². The second-order valence-electron chi connectivity index (χ2n) is 5.72. The molecule has 5 nitrogen and oxygen atoms in total.